The highest BCUT2D eigenvalue weighted by atomic mass is 31.2. The van der Waals surface area contributed by atoms with Crippen LogP contribution in [-0.2, 0) is 27.9 Å². The molecule has 0 saturated heterocycles. The first-order chi connectivity index (χ1) is 29.3. The van der Waals surface area contributed by atoms with Crippen molar-refractivity contribution in [2.24, 2.45) is 0 Å². The van der Waals surface area contributed by atoms with Gasteiger partial charge in [-0.05, 0) is 44.9 Å². The molecular formula is C50H95O9P. The van der Waals surface area contributed by atoms with Crippen molar-refractivity contribution < 1.29 is 43.0 Å². The molecule has 0 aromatic rings. The van der Waals surface area contributed by atoms with E-state index >= 15 is 0 Å². The predicted molar refractivity (Wildman–Crippen MR) is 251 cm³/mol. The van der Waals surface area contributed by atoms with Crippen molar-refractivity contribution in [2.75, 3.05) is 33.0 Å². The minimum absolute atomic E-state index is 0.0470. The molecule has 0 bridgehead atoms. The molecule has 0 rings (SSSR count). The molecule has 3 N–H and O–H groups in total. The lowest BCUT2D eigenvalue weighted by Gasteiger charge is -2.20. The number of carbonyl (C=O) groups is 1. The number of hydrogen-bond donors (Lipinski definition) is 3. The molecule has 0 spiro atoms. The van der Waals surface area contributed by atoms with E-state index in [0.29, 0.717) is 6.61 Å². The number of phosphoric ester groups is 1. The Hall–Kier alpha value is -1.32. The molecule has 0 aliphatic rings. The summed E-state index contributed by atoms with van der Waals surface area (Å²) >= 11 is 0. The second-order valence-electron chi connectivity index (χ2n) is 16.8. The monoisotopic (exact) mass is 871 g/mol. The summed E-state index contributed by atoms with van der Waals surface area (Å²) in [6.45, 7) is 3.44. The van der Waals surface area contributed by atoms with Crippen molar-refractivity contribution in [3.8, 4) is 0 Å². The van der Waals surface area contributed by atoms with Crippen LogP contribution in [0, 0.1) is 0 Å². The van der Waals surface area contributed by atoms with Gasteiger partial charge in [-0.25, -0.2) is 4.57 Å². The average Bonchev–Trinajstić information content (AvgIpc) is 3.24. The third-order valence-corrected chi connectivity index (χ3v) is 11.8. The van der Waals surface area contributed by atoms with Crippen LogP contribution in [0.1, 0.15) is 232 Å². The Morgan fingerprint density at radius 1 is 0.533 bits per heavy atom. The zero-order chi connectivity index (χ0) is 43.9. The van der Waals surface area contributed by atoms with Crippen molar-refractivity contribution in [1.82, 2.24) is 0 Å². The number of ether oxygens (including phenoxy) is 2. The van der Waals surface area contributed by atoms with Crippen LogP contribution in [0.2, 0.25) is 0 Å². The first-order valence-electron chi connectivity index (χ1n) is 25.0. The van der Waals surface area contributed by atoms with Crippen molar-refractivity contribution in [2.45, 2.75) is 244 Å². The number of phosphoric acid groups is 1. The molecule has 0 aliphatic carbocycles. The molecule has 0 amide bonds. The molecule has 0 radical (unpaired) electrons. The number of aliphatic hydroxyl groups is 2. The minimum atomic E-state index is -4.52. The first-order valence-corrected chi connectivity index (χ1v) is 26.5. The SMILES string of the molecule is CC/C=C\C/C=C\C/C=C\CCCCCCCCCCOCC(COP(=O)(O)OCC(O)CO)OC(=O)CCCCCCCCCCCCCCCCCCCCCCC. The van der Waals surface area contributed by atoms with Gasteiger partial charge in [0.25, 0.3) is 0 Å². The fourth-order valence-electron chi connectivity index (χ4n) is 7.08. The zero-order valence-electron chi connectivity index (χ0n) is 38.9. The second kappa shape index (κ2) is 47.2. The van der Waals surface area contributed by atoms with E-state index in [1.807, 2.05) is 0 Å². The Bertz CT molecular complexity index is 1030. The topological polar surface area (TPSA) is 132 Å². The number of unbranched alkanes of at least 4 members (excludes halogenated alkanes) is 28. The zero-order valence-corrected chi connectivity index (χ0v) is 39.8. The molecule has 0 aromatic heterocycles. The largest absolute Gasteiger partial charge is 0.472 e. The lowest BCUT2D eigenvalue weighted by molar-refractivity contribution is -0.154. The van der Waals surface area contributed by atoms with Crippen LogP contribution in [0.15, 0.2) is 36.5 Å². The Labute approximate surface area is 369 Å². The molecule has 0 fully saturated rings. The Morgan fingerprint density at radius 2 is 0.950 bits per heavy atom. The van der Waals surface area contributed by atoms with E-state index < -0.39 is 33.2 Å². The third kappa shape index (κ3) is 46.2. The van der Waals surface area contributed by atoms with Gasteiger partial charge < -0.3 is 24.6 Å². The number of carbonyl (C=O) groups excluding carboxylic acids is 1. The molecule has 0 saturated carbocycles. The number of aliphatic hydroxyl groups excluding tert-OH is 2. The van der Waals surface area contributed by atoms with Crippen LogP contribution in [0.25, 0.3) is 0 Å². The Morgan fingerprint density at radius 3 is 1.43 bits per heavy atom. The Balaban J connectivity index is 4.06. The average molecular weight is 871 g/mol. The van der Waals surface area contributed by atoms with Gasteiger partial charge in [0.15, 0.2) is 0 Å². The van der Waals surface area contributed by atoms with E-state index in [1.165, 1.54) is 148 Å². The highest BCUT2D eigenvalue weighted by Gasteiger charge is 2.26. The Kier molecular flexibility index (Phi) is 46.1. The lowest BCUT2D eigenvalue weighted by Crippen LogP contribution is -2.29. The predicted octanol–water partition coefficient (Wildman–Crippen LogP) is 14.4. The molecular weight excluding hydrogens is 776 g/mol. The second-order valence-corrected chi connectivity index (χ2v) is 18.3. The summed E-state index contributed by atoms with van der Waals surface area (Å²) in [5.41, 5.74) is 0. The molecule has 0 heterocycles. The van der Waals surface area contributed by atoms with Gasteiger partial charge in [-0.2, -0.15) is 0 Å². The number of allylic oxidation sites excluding steroid dienone is 6. The summed E-state index contributed by atoms with van der Waals surface area (Å²) in [6.07, 6.45) is 52.5. The van der Waals surface area contributed by atoms with Gasteiger partial charge in [-0.3, -0.25) is 13.8 Å². The van der Waals surface area contributed by atoms with Crippen molar-refractivity contribution in [3.05, 3.63) is 36.5 Å². The molecule has 10 heteroatoms. The first kappa shape index (κ1) is 58.7. The maximum absolute atomic E-state index is 12.7. The van der Waals surface area contributed by atoms with Crippen LogP contribution in [0.5, 0.6) is 0 Å². The van der Waals surface area contributed by atoms with Gasteiger partial charge in [0.2, 0.25) is 0 Å². The third-order valence-electron chi connectivity index (χ3n) is 10.8. The number of esters is 1. The van der Waals surface area contributed by atoms with Gasteiger partial charge in [0.1, 0.15) is 12.2 Å². The summed E-state index contributed by atoms with van der Waals surface area (Å²) < 4.78 is 33.5. The molecule has 0 aliphatic heterocycles. The van der Waals surface area contributed by atoms with Gasteiger partial charge in [-0.1, -0.05) is 217 Å². The van der Waals surface area contributed by atoms with E-state index in [9.17, 15) is 19.4 Å². The summed E-state index contributed by atoms with van der Waals surface area (Å²) in [6, 6.07) is 0. The molecule has 60 heavy (non-hydrogen) atoms. The number of rotatable bonds is 48. The fraction of sp³-hybridized carbons (Fsp3) is 0.860. The van der Waals surface area contributed by atoms with Gasteiger partial charge in [0, 0.05) is 13.0 Å². The highest BCUT2D eigenvalue weighted by Crippen LogP contribution is 2.43. The van der Waals surface area contributed by atoms with E-state index in [-0.39, 0.29) is 25.6 Å². The van der Waals surface area contributed by atoms with Crippen LogP contribution in [0.4, 0.5) is 0 Å². The summed E-state index contributed by atoms with van der Waals surface area (Å²) in [5.74, 6) is -0.381. The molecule has 3 unspecified atom stereocenters. The van der Waals surface area contributed by atoms with Gasteiger partial charge in [0.05, 0.1) is 26.4 Å². The van der Waals surface area contributed by atoms with Gasteiger partial charge >= 0.3 is 13.8 Å². The summed E-state index contributed by atoms with van der Waals surface area (Å²) in [7, 11) is -4.52. The summed E-state index contributed by atoms with van der Waals surface area (Å²) in [5, 5.41) is 18.4. The van der Waals surface area contributed by atoms with E-state index in [2.05, 4.69) is 50.3 Å². The van der Waals surface area contributed by atoms with E-state index in [4.69, 9.17) is 23.6 Å². The van der Waals surface area contributed by atoms with Crippen LogP contribution in [-0.4, -0.2) is 66.3 Å². The summed E-state index contributed by atoms with van der Waals surface area (Å²) in [4.78, 5) is 22.7. The quantitative estimate of drug-likeness (QED) is 0.0237. The van der Waals surface area contributed by atoms with Crippen molar-refractivity contribution >= 4 is 13.8 Å². The maximum Gasteiger partial charge on any atom is 0.472 e. The van der Waals surface area contributed by atoms with E-state index in [0.717, 1.165) is 64.2 Å². The van der Waals surface area contributed by atoms with Crippen LogP contribution < -0.4 is 0 Å². The van der Waals surface area contributed by atoms with Crippen LogP contribution in [0.3, 0.4) is 0 Å². The number of hydrogen-bond acceptors (Lipinski definition) is 8. The maximum atomic E-state index is 12.7. The molecule has 3 atom stereocenters. The minimum Gasteiger partial charge on any atom is -0.457 e. The van der Waals surface area contributed by atoms with Crippen molar-refractivity contribution in [1.29, 1.82) is 0 Å². The highest BCUT2D eigenvalue weighted by molar-refractivity contribution is 7.47. The fourth-order valence-corrected chi connectivity index (χ4v) is 7.87. The molecule has 0 aromatic carbocycles. The van der Waals surface area contributed by atoms with Gasteiger partial charge in [-0.15, -0.1) is 0 Å². The van der Waals surface area contributed by atoms with E-state index in [1.54, 1.807) is 0 Å². The standard InChI is InChI=1S/C50H95O9P/c1-3-5-7-9-11-13-15-17-19-21-23-24-25-26-28-30-32-34-36-38-40-42-50(53)59-49(47-58-60(54,55)57-45-48(52)44-51)46-56-43-41-39-37-35-33-31-29-27-22-20-18-16-14-12-10-8-6-4-2/h6,8,12,14,18,20,48-49,51-52H,3-5,7,9-11,13,15-17,19,21-47H2,1-2H3,(H,54,55)/b8-6-,14-12-,20-18-. The smallest absolute Gasteiger partial charge is 0.457 e. The van der Waals surface area contributed by atoms with Crippen LogP contribution >= 0.6 is 7.82 Å². The lowest BCUT2D eigenvalue weighted by atomic mass is 10.0. The molecule has 354 valence electrons. The normalized spacial score (nSPS) is 14.2. The van der Waals surface area contributed by atoms with Crippen molar-refractivity contribution in [3.63, 3.8) is 0 Å². The molecule has 9 nitrogen and oxygen atoms in total.